The zero-order chi connectivity index (χ0) is 12.2. The van der Waals surface area contributed by atoms with Gasteiger partial charge in [0.25, 0.3) is 0 Å². The maximum absolute atomic E-state index is 9.31. The van der Waals surface area contributed by atoms with Crippen molar-refractivity contribution in [2.45, 2.75) is 45.7 Å². The van der Waals surface area contributed by atoms with E-state index in [9.17, 15) is 5.11 Å². The number of aromatic nitrogens is 2. The normalized spacial score (nSPS) is 15.1. The van der Waals surface area contributed by atoms with E-state index in [2.05, 4.69) is 24.3 Å². The number of hydrogen-bond donors (Lipinski definition) is 2. The van der Waals surface area contributed by atoms with Crippen LogP contribution in [0.3, 0.4) is 0 Å². The van der Waals surface area contributed by atoms with Crippen LogP contribution in [0, 0.1) is 0 Å². The van der Waals surface area contributed by atoms with Crippen molar-refractivity contribution < 1.29 is 5.11 Å². The number of hydrogen-bond acceptors (Lipinski definition) is 3. The van der Waals surface area contributed by atoms with Crippen molar-refractivity contribution in [2.75, 3.05) is 6.61 Å². The van der Waals surface area contributed by atoms with Gasteiger partial charge < -0.3 is 10.4 Å². The van der Waals surface area contributed by atoms with Gasteiger partial charge in [0.15, 0.2) is 0 Å². The van der Waals surface area contributed by atoms with Gasteiger partial charge in [0.05, 0.1) is 12.3 Å². The summed E-state index contributed by atoms with van der Waals surface area (Å²) in [5.41, 5.74) is 2.16. The molecule has 92 valence electrons. The van der Waals surface area contributed by atoms with Gasteiger partial charge in [-0.2, -0.15) is 5.10 Å². The lowest BCUT2D eigenvalue weighted by atomic mass is 10.00. The predicted molar refractivity (Wildman–Crippen MR) is 65.2 cm³/mol. The molecule has 2 N–H and O–H groups in total. The minimum atomic E-state index is -0.194. The first-order valence-corrected chi connectivity index (χ1v) is 5.92. The Bertz CT molecular complexity index is 329. The van der Waals surface area contributed by atoms with Crippen LogP contribution < -0.4 is 5.32 Å². The molecular weight excluding hydrogens is 202 g/mol. The average Bonchev–Trinajstić information content (AvgIpc) is 2.66. The van der Waals surface area contributed by atoms with Crippen molar-refractivity contribution in [3.05, 3.63) is 17.5 Å². The second-order valence-electron chi connectivity index (χ2n) is 4.55. The lowest BCUT2D eigenvalue weighted by Gasteiger charge is -2.27. The van der Waals surface area contributed by atoms with E-state index in [1.807, 2.05) is 24.9 Å². The Kier molecular flexibility index (Phi) is 4.50. The van der Waals surface area contributed by atoms with Gasteiger partial charge in [-0.15, -0.1) is 0 Å². The maximum Gasteiger partial charge on any atom is 0.0666 e. The highest BCUT2D eigenvalue weighted by Crippen LogP contribution is 2.12. The molecule has 0 radical (unpaired) electrons. The summed E-state index contributed by atoms with van der Waals surface area (Å²) in [6.07, 6.45) is 3.89. The molecule has 0 aliphatic carbocycles. The lowest BCUT2D eigenvalue weighted by molar-refractivity contribution is 0.169. The first-order valence-electron chi connectivity index (χ1n) is 5.92. The predicted octanol–water partition coefficient (Wildman–Crippen LogP) is 1.23. The highest BCUT2D eigenvalue weighted by molar-refractivity contribution is 5.17. The quantitative estimate of drug-likeness (QED) is 0.765. The van der Waals surface area contributed by atoms with Crippen LogP contribution in [0.25, 0.3) is 0 Å². The lowest BCUT2D eigenvalue weighted by Crippen LogP contribution is -2.44. The van der Waals surface area contributed by atoms with Crippen molar-refractivity contribution in [3.8, 4) is 0 Å². The third-order valence-electron chi connectivity index (χ3n) is 3.16. The van der Waals surface area contributed by atoms with Gasteiger partial charge in [-0.3, -0.25) is 4.68 Å². The van der Waals surface area contributed by atoms with Gasteiger partial charge in [-0.25, -0.2) is 0 Å². The van der Waals surface area contributed by atoms with E-state index >= 15 is 0 Å². The smallest absolute Gasteiger partial charge is 0.0666 e. The van der Waals surface area contributed by atoms with Crippen LogP contribution in [0.15, 0.2) is 6.20 Å². The Morgan fingerprint density at radius 2 is 2.19 bits per heavy atom. The molecule has 1 unspecified atom stereocenters. The molecule has 0 saturated heterocycles. The number of nitrogens with one attached hydrogen (secondary N) is 1. The van der Waals surface area contributed by atoms with Crippen molar-refractivity contribution >= 4 is 0 Å². The molecule has 0 bridgehead atoms. The number of rotatable bonds is 6. The Balaban J connectivity index is 2.66. The van der Waals surface area contributed by atoms with E-state index in [0.717, 1.165) is 25.1 Å². The summed E-state index contributed by atoms with van der Waals surface area (Å²) >= 11 is 0. The van der Waals surface area contributed by atoms with E-state index in [0.29, 0.717) is 0 Å². The van der Waals surface area contributed by atoms with E-state index in [4.69, 9.17) is 0 Å². The van der Waals surface area contributed by atoms with Crippen LogP contribution in [0.2, 0.25) is 0 Å². The third-order valence-corrected chi connectivity index (χ3v) is 3.16. The highest BCUT2D eigenvalue weighted by Gasteiger charge is 2.20. The number of aliphatic hydroxyl groups is 1. The van der Waals surface area contributed by atoms with Crippen LogP contribution >= 0.6 is 0 Å². The average molecular weight is 225 g/mol. The fraction of sp³-hybridized carbons (Fsp3) is 0.750. The van der Waals surface area contributed by atoms with Gasteiger partial charge in [0.2, 0.25) is 0 Å². The zero-order valence-electron chi connectivity index (χ0n) is 10.7. The Morgan fingerprint density at radius 3 is 2.69 bits per heavy atom. The molecule has 4 nitrogen and oxygen atoms in total. The van der Waals surface area contributed by atoms with Crippen LogP contribution in [-0.2, 0) is 20.0 Å². The molecule has 1 aromatic heterocycles. The first-order chi connectivity index (χ1) is 7.54. The molecular formula is C12H23N3O. The fourth-order valence-electron chi connectivity index (χ4n) is 1.63. The monoisotopic (exact) mass is 225 g/mol. The van der Waals surface area contributed by atoms with Gasteiger partial charge in [0.1, 0.15) is 0 Å². The molecule has 0 spiro atoms. The molecule has 0 fully saturated rings. The number of aryl methyl sites for hydroxylation is 2. The Morgan fingerprint density at radius 1 is 1.50 bits per heavy atom. The fourth-order valence-corrected chi connectivity index (χ4v) is 1.63. The molecule has 1 heterocycles. The molecule has 16 heavy (non-hydrogen) atoms. The minimum absolute atomic E-state index is 0.158. The maximum atomic E-state index is 9.31. The van der Waals surface area contributed by atoms with Crippen LogP contribution in [-0.4, -0.2) is 27.0 Å². The minimum Gasteiger partial charge on any atom is -0.394 e. The summed E-state index contributed by atoms with van der Waals surface area (Å²) in [5, 5.41) is 17.1. The standard InChI is InChI=1S/C12H23N3O/c1-5-11-10(8-15(4)14-11)7-13-12(3,6-2)9-16/h8,13,16H,5-7,9H2,1-4H3. The Labute approximate surface area is 97.7 Å². The third kappa shape index (κ3) is 3.06. The van der Waals surface area contributed by atoms with E-state index in [1.165, 1.54) is 5.56 Å². The molecule has 1 atom stereocenters. The largest absolute Gasteiger partial charge is 0.394 e. The van der Waals surface area contributed by atoms with Gasteiger partial charge in [-0.05, 0) is 19.8 Å². The van der Waals surface area contributed by atoms with Gasteiger partial charge in [0, 0.05) is 30.9 Å². The summed E-state index contributed by atoms with van der Waals surface area (Å²) in [4.78, 5) is 0. The summed E-state index contributed by atoms with van der Waals surface area (Å²) in [6.45, 7) is 7.15. The molecule has 0 aliphatic heterocycles. The molecule has 0 aromatic carbocycles. The van der Waals surface area contributed by atoms with E-state index in [-0.39, 0.29) is 12.1 Å². The number of aliphatic hydroxyl groups excluding tert-OH is 1. The second kappa shape index (κ2) is 5.46. The van der Waals surface area contributed by atoms with Crippen molar-refractivity contribution in [2.24, 2.45) is 7.05 Å². The SMILES string of the molecule is CCc1nn(C)cc1CNC(C)(CC)CO. The second-order valence-corrected chi connectivity index (χ2v) is 4.55. The van der Waals surface area contributed by atoms with Crippen molar-refractivity contribution in [1.82, 2.24) is 15.1 Å². The van der Waals surface area contributed by atoms with E-state index in [1.54, 1.807) is 0 Å². The summed E-state index contributed by atoms with van der Waals surface area (Å²) in [6, 6.07) is 0. The Hall–Kier alpha value is -0.870. The van der Waals surface area contributed by atoms with Crippen molar-refractivity contribution in [3.63, 3.8) is 0 Å². The molecule has 0 aliphatic rings. The van der Waals surface area contributed by atoms with Crippen LogP contribution in [0.5, 0.6) is 0 Å². The molecule has 0 saturated carbocycles. The topological polar surface area (TPSA) is 50.1 Å². The zero-order valence-corrected chi connectivity index (χ0v) is 10.7. The van der Waals surface area contributed by atoms with Gasteiger partial charge in [-0.1, -0.05) is 13.8 Å². The number of nitrogens with zero attached hydrogens (tertiary/aromatic N) is 2. The summed E-state index contributed by atoms with van der Waals surface area (Å²) < 4.78 is 1.85. The summed E-state index contributed by atoms with van der Waals surface area (Å²) in [7, 11) is 1.94. The molecule has 4 heteroatoms. The van der Waals surface area contributed by atoms with Gasteiger partial charge >= 0.3 is 0 Å². The first kappa shape index (κ1) is 13.2. The highest BCUT2D eigenvalue weighted by atomic mass is 16.3. The van der Waals surface area contributed by atoms with Crippen LogP contribution in [0.1, 0.15) is 38.4 Å². The van der Waals surface area contributed by atoms with E-state index < -0.39 is 0 Å². The summed E-state index contributed by atoms with van der Waals surface area (Å²) in [5.74, 6) is 0. The van der Waals surface area contributed by atoms with Crippen LogP contribution in [0.4, 0.5) is 0 Å². The molecule has 1 aromatic rings. The molecule has 1 rings (SSSR count). The molecule has 0 amide bonds. The van der Waals surface area contributed by atoms with Crippen molar-refractivity contribution in [1.29, 1.82) is 0 Å².